The van der Waals surface area contributed by atoms with E-state index in [9.17, 15) is 0 Å². The largest absolute Gasteiger partial charge is 0.358 e. The smallest absolute Gasteiger partial charge is 0.171 e. The van der Waals surface area contributed by atoms with Crippen LogP contribution in [0.4, 0.5) is 5.69 Å². The Morgan fingerprint density at radius 1 is 1.04 bits per heavy atom. The van der Waals surface area contributed by atoms with Gasteiger partial charge < -0.3 is 10.6 Å². The summed E-state index contributed by atoms with van der Waals surface area (Å²) in [4.78, 5) is 0. The molecule has 3 aromatic rings. The van der Waals surface area contributed by atoms with Crippen LogP contribution in [0.15, 0.2) is 65.1 Å². The summed E-state index contributed by atoms with van der Waals surface area (Å²) in [5.74, 6) is 0. The lowest BCUT2D eigenvalue weighted by atomic mass is 10.0. The highest BCUT2D eigenvalue weighted by Crippen LogP contribution is 2.25. The van der Waals surface area contributed by atoms with Crippen molar-refractivity contribution in [1.82, 2.24) is 5.32 Å². The zero-order valence-electron chi connectivity index (χ0n) is 12.1. The summed E-state index contributed by atoms with van der Waals surface area (Å²) in [6.07, 6.45) is 0. The van der Waals surface area contributed by atoms with Crippen molar-refractivity contribution in [1.29, 1.82) is 0 Å². The van der Waals surface area contributed by atoms with E-state index in [4.69, 9.17) is 23.8 Å². The number of anilines is 1. The molecule has 0 amide bonds. The van der Waals surface area contributed by atoms with Gasteiger partial charge in [0, 0.05) is 16.7 Å². The van der Waals surface area contributed by atoms with Crippen LogP contribution in [0.2, 0.25) is 5.02 Å². The van der Waals surface area contributed by atoms with Gasteiger partial charge in [-0.3, -0.25) is 0 Å². The number of benzene rings is 3. The minimum absolute atomic E-state index is 0.566. The summed E-state index contributed by atoms with van der Waals surface area (Å²) in [5.41, 5.74) is 2.06. The van der Waals surface area contributed by atoms with Crippen molar-refractivity contribution in [2.75, 3.05) is 5.32 Å². The maximum absolute atomic E-state index is 6.09. The molecule has 5 heteroatoms. The summed E-state index contributed by atoms with van der Waals surface area (Å²) in [7, 11) is 0. The fourth-order valence-electron chi connectivity index (χ4n) is 2.37. The third-order valence-electron chi connectivity index (χ3n) is 3.50. The van der Waals surface area contributed by atoms with Crippen molar-refractivity contribution < 1.29 is 0 Å². The maximum atomic E-state index is 6.09. The molecule has 0 aliphatic rings. The average molecular weight is 406 g/mol. The summed E-state index contributed by atoms with van der Waals surface area (Å²) >= 11 is 14.8. The Bertz CT molecular complexity index is 861. The van der Waals surface area contributed by atoms with Crippen molar-refractivity contribution in [3.05, 3.63) is 75.7 Å². The zero-order chi connectivity index (χ0) is 16.2. The molecular formula is C18H14BrClN2S. The Kier molecular flexibility index (Phi) is 5.16. The first-order chi connectivity index (χ1) is 11.1. The third-order valence-corrected chi connectivity index (χ3v) is 4.98. The third kappa shape index (κ3) is 4.02. The first kappa shape index (κ1) is 16.2. The van der Waals surface area contributed by atoms with Crippen LogP contribution in [-0.2, 0) is 6.54 Å². The summed E-state index contributed by atoms with van der Waals surface area (Å²) < 4.78 is 0.861. The number of halogens is 2. The van der Waals surface area contributed by atoms with Gasteiger partial charge in [0.1, 0.15) is 0 Å². The van der Waals surface area contributed by atoms with Gasteiger partial charge in [-0.15, -0.1) is 0 Å². The van der Waals surface area contributed by atoms with E-state index in [0.29, 0.717) is 16.7 Å². The number of rotatable bonds is 3. The first-order valence-electron chi connectivity index (χ1n) is 7.10. The predicted octanol–water partition coefficient (Wildman–Crippen LogP) is 5.74. The maximum Gasteiger partial charge on any atom is 0.171 e. The van der Waals surface area contributed by atoms with Crippen LogP contribution in [0.25, 0.3) is 10.8 Å². The number of fused-ring (bicyclic) bond motifs is 1. The summed E-state index contributed by atoms with van der Waals surface area (Å²) in [6, 6.07) is 20.2. The second-order valence-electron chi connectivity index (χ2n) is 5.07. The molecule has 0 spiro atoms. The van der Waals surface area contributed by atoms with Gasteiger partial charge in [-0.2, -0.15) is 0 Å². The molecule has 3 aromatic carbocycles. The Morgan fingerprint density at radius 3 is 2.65 bits per heavy atom. The molecule has 0 unspecified atom stereocenters. The van der Waals surface area contributed by atoms with Gasteiger partial charge in [-0.25, -0.2) is 0 Å². The summed E-state index contributed by atoms with van der Waals surface area (Å²) in [6.45, 7) is 0.664. The predicted molar refractivity (Wildman–Crippen MR) is 106 cm³/mol. The fraction of sp³-hybridized carbons (Fsp3) is 0.0556. The molecule has 0 bridgehead atoms. The minimum atomic E-state index is 0.566. The standard InChI is InChI=1S/C18H14BrClN2S/c19-16-9-8-14(10-17(16)20)22-18(23)21-11-13-6-3-5-12-4-1-2-7-15(12)13/h1-10H,11H2,(H2,21,22,23). The highest BCUT2D eigenvalue weighted by atomic mass is 79.9. The van der Waals surface area contributed by atoms with Crippen LogP contribution in [0, 0.1) is 0 Å². The van der Waals surface area contributed by atoms with E-state index in [1.54, 1.807) is 0 Å². The van der Waals surface area contributed by atoms with Gasteiger partial charge in [0.15, 0.2) is 5.11 Å². The molecule has 0 fully saturated rings. The molecule has 0 saturated carbocycles. The Hall–Kier alpha value is -1.62. The van der Waals surface area contributed by atoms with Crippen molar-refractivity contribution in [3.8, 4) is 0 Å². The van der Waals surface area contributed by atoms with E-state index in [0.717, 1.165) is 10.2 Å². The molecule has 0 aliphatic heterocycles. The molecule has 0 aromatic heterocycles. The number of nitrogens with one attached hydrogen (secondary N) is 2. The van der Waals surface area contributed by atoms with Crippen molar-refractivity contribution >= 4 is 61.3 Å². The average Bonchev–Trinajstić information content (AvgIpc) is 2.56. The number of hydrogen-bond acceptors (Lipinski definition) is 1. The van der Waals surface area contributed by atoms with Gasteiger partial charge in [0.2, 0.25) is 0 Å². The lowest BCUT2D eigenvalue weighted by Crippen LogP contribution is -2.27. The molecular weight excluding hydrogens is 392 g/mol. The molecule has 0 atom stereocenters. The van der Waals surface area contributed by atoms with Gasteiger partial charge >= 0.3 is 0 Å². The topological polar surface area (TPSA) is 24.1 Å². The first-order valence-corrected chi connectivity index (χ1v) is 8.68. The molecule has 0 heterocycles. The van der Waals surface area contributed by atoms with Gasteiger partial charge in [0.25, 0.3) is 0 Å². The Labute approximate surface area is 154 Å². The van der Waals surface area contributed by atoms with Gasteiger partial charge in [-0.1, -0.05) is 54.1 Å². The highest BCUT2D eigenvalue weighted by molar-refractivity contribution is 9.10. The van der Waals surface area contributed by atoms with E-state index in [-0.39, 0.29) is 0 Å². The quantitative estimate of drug-likeness (QED) is 0.543. The van der Waals surface area contributed by atoms with E-state index >= 15 is 0 Å². The van der Waals surface area contributed by atoms with Crippen molar-refractivity contribution in [2.24, 2.45) is 0 Å². The van der Waals surface area contributed by atoms with Crippen LogP contribution >= 0.6 is 39.7 Å². The Balaban J connectivity index is 1.67. The highest BCUT2D eigenvalue weighted by Gasteiger charge is 2.03. The molecule has 0 saturated heterocycles. The molecule has 116 valence electrons. The SMILES string of the molecule is S=C(NCc1cccc2ccccc12)Nc1ccc(Br)c(Cl)c1. The second kappa shape index (κ2) is 7.30. The lowest BCUT2D eigenvalue weighted by molar-refractivity contribution is 0.934. The van der Waals surface area contributed by atoms with Crippen molar-refractivity contribution in [3.63, 3.8) is 0 Å². The molecule has 0 aliphatic carbocycles. The van der Waals surface area contributed by atoms with Crippen LogP contribution < -0.4 is 10.6 Å². The van der Waals surface area contributed by atoms with Crippen LogP contribution in [0.3, 0.4) is 0 Å². The lowest BCUT2D eigenvalue weighted by Gasteiger charge is -2.12. The molecule has 3 rings (SSSR count). The van der Waals surface area contributed by atoms with Crippen LogP contribution in [0.5, 0.6) is 0 Å². The Morgan fingerprint density at radius 2 is 1.83 bits per heavy atom. The molecule has 2 N–H and O–H groups in total. The van der Waals surface area contributed by atoms with Crippen LogP contribution in [0.1, 0.15) is 5.56 Å². The number of thiocarbonyl (C=S) groups is 1. The minimum Gasteiger partial charge on any atom is -0.358 e. The van der Waals surface area contributed by atoms with Crippen LogP contribution in [-0.4, -0.2) is 5.11 Å². The molecule has 0 radical (unpaired) electrons. The van der Waals surface area contributed by atoms with E-state index in [2.05, 4.69) is 56.9 Å². The fourth-order valence-corrected chi connectivity index (χ4v) is 2.99. The second-order valence-corrected chi connectivity index (χ2v) is 6.74. The van der Waals surface area contributed by atoms with E-state index in [1.807, 2.05) is 30.3 Å². The van der Waals surface area contributed by atoms with Gasteiger partial charge in [0.05, 0.1) is 5.02 Å². The van der Waals surface area contributed by atoms with Crippen molar-refractivity contribution in [2.45, 2.75) is 6.54 Å². The zero-order valence-corrected chi connectivity index (χ0v) is 15.3. The molecule has 23 heavy (non-hydrogen) atoms. The number of hydrogen-bond donors (Lipinski definition) is 2. The monoisotopic (exact) mass is 404 g/mol. The van der Waals surface area contributed by atoms with E-state index in [1.165, 1.54) is 16.3 Å². The normalized spacial score (nSPS) is 10.5. The van der Waals surface area contributed by atoms with Gasteiger partial charge in [-0.05, 0) is 62.7 Å². The summed E-state index contributed by atoms with van der Waals surface area (Å²) in [5, 5.41) is 10.1. The molecule has 2 nitrogen and oxygen atoms in total. The van der Waals surface area contributed by atoms with E-state index < -0.39 is 0 Å².